The molecule has 0 saturated heterocycles. The van der Waals surface area contributed by atoms with Crippen molar-refractivity contribution in [3.63, 3.8) is 0 Å². The number of rotatable bonds is 7. The molecule has 3 aromatic carbocycles. The Bertz CT molecular complexity index is 1590. The summed E-state index contributed by atoms with van der Waals surface area (Å²) in [6.45, 7) is 0.714. The second kappa shape index (κ2) is 9.21. The molecule has 0 spiro atoms. The summed E-state index contributed by atoms with van der Waals surface area (Å²) in [6.07, 6.45) is 2.07. The number of aromatic nitrogens is 3. The van der Waals surface area contributed by atoms with E-state index in [2.05, 4.69) is 4.98 Å². The molecule has 0 aliphatic heterocycles. The third-order valence-corrected chi connectivity index (χ3v) is 6.13. The lowest BCUT2D eigenvalue weighted by atomic mass is 10.1. The van der Waals surface area contributed by atoms with Crippen molar-refractivity contribution in [1.29, 1.82) is 0 Å². The number of ether oxygens (including phenoxy) is 2. The molecule has 0 N–H and O–H groups in total. The van der Waals surface area contributed by atoms with Gasteiger partial charge in [0.05, 0.1) is 26.1 Å². The highest BCUT2D eigenvalue weighted by Crippen LogP contribution is 2.29. The van der Waals surface area contributed by atoms with Gasteiger partial charge in [-0.05, 0) is 60.0 Å². The van der Waals surface area contributed by atoms with E-state index in [4.69, 9.17) is 9.47 Å². The van der Waals surface area contributed by atoms with E-state index in [0.717, 1.165) is 11.1 Å². The fourth-order valence-electron chi connectivity index (χ4n) is 4.35. The molecule has 35 heavy (non-hydrogen) atoms. The summed E-state index contributed by atoms with van der Waals surface area (Å²) < 4.78 is 41.5. The van der Waals surface area contributed by atoms with Crippen molar-refractivity contribution in [3.05, 3.63) is 100 Å². The maximum Gasteiger partial charge on any atom is 0.277 e. The fraction of sp³-hybridized carbons (Fsp3) is 0.185. The normalized spacial score (nSPS) is 11.3. The summed E-state index contributed by atoms with van der Waals surface area (Å²) in [6, 6.07) is 16.1. The fourth-order valence-corrected chi connectivity index (χ4v) is 4.35. The van der Waals surface area contributed by atoms with Gasteiger partial charge in [0.1, 0.15) is 22.7 Å². The van der Waals surface area contributed by atoms with Gasteiger partial charge in [-0.1, -0.05) is 18.2 Å². The summed E-state index contributed by atoms with van der Waals surface area (Å²) in [5, 5.41) is 0.561. The highest BCUT2D eigenvalue weighted by molar-refractivity contribution is 6.05. The average molecular weight is 475 g/mol. The molecule has 8 heteroatoms. The predicted molar refractivity (Wildman–Crippen MR) is 130 cm³/mol. The van der Waals surface area contributed by atoms with Crippen LogP contribution in [0.2, 0.25) is 0 Å². The Kier molecular flexibility index (Phi) is 5.94. The number of methoxy groups -OCH3 is 2. The van der Waals surface area contributed by atoms with Gasteiger partial charge in [0.2, 0.25) is 0 Å². The number of halogens is 2. The second-order valence-electron chi connectivity index (χ2n) is 8.25. The quantitative estimate of drug-likeness (QED) is 0.335. The van der Waals surface area contributed by atoms with E-state index in [1.165, 1.54) is 30.6 Å². The Hall–Kier alpha value is -4.20. The first-order valence-corrected chi connectivity index (χ1v) is 11.1. The SMILES string of the molecule is COc1ccc(CCn2cnc3c4cc(F)ccc4n(Cc4ccc(F)cc4)c3c2=O)cc1OC. The van der Waals surface area contributed by atoms with Crippen LogP contribution in [0.4, 0.5) is 8.78 Å². The van der Waals surface area contributed by atoms with Crippen LogP contribution in [0, 0.1) is 11.6 Å². The molecule has 0 fully saturated rings. The first-order chi connectivity index (χ1) is 17.0. The Morgan fingerprint density at radius 3 is 2.31 bits per heavy atom. The number of benzene rings is 3. The summed E-state index contributed by atoms with van der Waals surface area (Å²) >= 11 is 0. The summed E-state index contributed by atoms with van der Waals surface area (Å²) in [5.41, 5.74) is 3.07. The van der Waals surface area contributed by atoms with E-state index in [-0.39, 0.29) is 11.4 Å². The minimum atomic E-state index is -0.405. The summed E-state index contributed by atoms with van der Waals surface area (Å²) in [7, 11) is 3.15. The molecule has 0 aliphatic carbocycles. The van der Waals surface area contributed by atoms with Crippen molar-refractivity contribution in [3.8, 4) is 11.5 Å². The lowest BCUT2D eigenvalue weighted by molar-refractivity contribution is 0.354. The predicted octanol–water partition coefficient (Wildman–Crippen LogP) is 4.94. The molecule has 0 bridgehead atoms. The molecule has 0 aliphatic rings. The van der Waals surface area contributed by atoms with Crippen molar-refractivity contribution in [2.75, 3.05) is 14.2 Å². The minimum absolute atomic E-state index is 0.228. The third kappa shape index (κ3) is 4.23. The van der Waals surface area contributed by atoms with Crippen LogP contribution in [-0.4, -0.2) is 28.3 Å². The van der Waals surface area contributed by atoms with Crippen molar-refractivity contribution in [2.45, 2.75) is 19.5 Å². The van der Waals surface area contributed by atoms with Crippen LogP contribution >= 0.6 is 0 Å². The zero-order valence-corrected chi connectivity index (χ0v) is 19.3. The molecular formula is C27H23F2N3O3. The van der Waals surface area contributed by atoms with Gasteiger partial charge in [-0.2, -0.15) is 0 Å². The molecule has 0 radical (unpaired) electrons. The number of hydrogen-bond donors (Lipinski definition) is 0. The van der Waals surface area contributed by atoms with E-state index >= 15 is 0 Å². The van der Waals surface area contributed by atoms with Gasteiger partial charge in [-0.25, -0.2) is 13.8 Å². The van der Waals surface area contributed by atoms with Gasteiger partial charge in [-0.3, -0.25) is 9.36 Å². The van der Waals surface area contributed by atoms with E-state index in [1.54, 1.807) is 37.0 Å². The molecule has 6 nitrogen and oxygen atoms in total. The van der Waals surface area contributed by atoms with Crippen LogP contribution < -0.4 is 15.0 Å². The van der Waals surface area contributed by atoms with Crippen LogP contribution in [0.3, 0.4) is 0 Å². The maximum atomic E-state index is 14.1. The number of fused-ring (bicyclic) bond motifs is 3. The summed E-state index contributed by atoms with van der Waals surface area (Å²) in [5.74, 6) is 0.511. The van der Waals surface area contributed by atoms with Crippen LogP contribution in [0.15, 0.2) is 71.8 Å². The van der Waals surface area contributed by atoms with Gasteiger partial charge < -0.3 is 14.0 Å². The van der Waals surface area contributed by atoms with Gasteiger partial charge in [0, 0.05) is 18.5 Å². The van der Waals surface area contributed by atoms with Gasteiger partial charge >= 0.3 is 0 Å². The van der Waals surface area contributed by atoms with Crippen molar-refractivity contribution in [1.82, 2.24) is 14.1 Å². The van der Waals surface area contributed by atoms with Crippen molar-refractivity contribution >= 4 is 21.9 Å². The molecule has 2 aromatic heterocycles. The van der Waals surface area contributed by atoms with E-state index in [9.17, 15) is 13.6 Å². The highest BCUT2D eigenvalue weighted by Gasteiger charge is 2.18. The molecule has 2 heterocycles. The maximum absolute atomic E-state index is 14.1. The molecule has 0 atom stereocenters. The monoisotopic (exact) mass is 475 g/mol. The van der Waals surface area contributed by atoms with Gasteiger partial charge in [-0.15, -0.1) is 0 Å². The lowest BCUT2D eigenvalue weighted by Gasteiger charge is -2.11. The molecular weight excluding hydrogens is 452 g/mol. The molecule has 0 saturated carbocycles. The first kappa shape index (κ1) is 22.6. The second-order valence-corrected chi connectivity index (χ2v) is 8.25. The van der Waals surface area contributed by atoms with E-state index < -0.39 is 5.82 Å². The van der Waals surface area contributed by atoms with Crippen LogP contribution in [0.1, 0.15) is 11.1 Å². The Morgan fingerprint density at radius 2 is 1.57 bits per heavy atom. The third-order valence-electron chi connectivity index (χ3n) is 6.13. The standard InChI is InChI=1S/C27H23F2N3O3/c1-34-23-10-5-17(13-24(23)35-2)11-12-31-16-30-25-21-14-20(29)8-9-22(21)32(26(25)27(31)33)15-18-3-6-19(28)7-4-18/h3-10,13-14,16H,11-12,15H2,1-2H3. The Balaban J connectivity index is 1.57. The number of aryl methyl sites for hydroxylation is 2. The topological polar surface area (TPSA) is 58.3 Å². The highest BCUT2D eigenvalue weighted by atomic mass is 19.1. The summed E-state index contributed by atoms with van der Waals surface area (Å²) in [4.78, 5) is 18.1. The van der Waals surface area contributed by atoms with E-state index in [0.29, 0.717) is 52.9 Å². The van der Waals surface area contributed by atoms with Crippen LogP contribution in [0.25, 0.3) is 21.9 Å². The smallest absolute Gasteiger partial charge is 0.277 e. The van der Waals surface area contributed by atoms with E-state index in [1.807, 2.05) is 22.8 Å². The Labute approximate surface area is 200 Å². The van der Waals surface area contributed by atoms with Crippen LogP contribution in [-0.2, 0) is 19.5 Å². The number of hydrogen-bond acceptors (Lipinski definition) is 4. The first-order valence-electron chi connectivity index (χ1n) is 11.1. The van der Waals surface area contributed by atoms with Gasteiger partial charge in [0.25, 0.3) is 5.56 Å². The zero-order valence-electron chi connectivity index (χ0n) is 19.3. The van der Waals surface area contributed by atoms with Gasteiger partial charge in [0.15, 0.2) is 11.5 Å². The largest absolute Gasteiger partial charge is 0.493 e. The van der Waals surface area contributed by atoms with Crippen molar-refractivity contribution in [2.24, 2.45) is 0 Å². The average Bonchev–Trinajstić information content (AvgIpc) is 3.17. The molecule has 5 aromatic rings. The van der Waals surface area contributed by atoms with Crippen molar-refractivity contribution < 1.29 is 18.3 Å². The number of nitrogens with zero attached hydrogens (tertiary/aromatic N) is 3. The van der Waals surface area contributed by atoms with Crippen LogP contribution in [0.5, 0.6) is 11.5 Å². The molecule has 0 unspecified atom stereocenters. The lowest BCUT2D eigenvalue weighted by Crippen LogP contribution is -2.23. The molecule has 5 rings (SSSR count). The Morgan fingerprint density at radius 1 is 0.857 bits per heavy atom. The molecule has 178 valence electrons. The molecule has 0 amide bonds. The minimum Gasteiger partial charge on any atom is -0.493 e. The zero-order chi connectivity index (χ0) is 24.5.